The third-order valence-corrected chi connectivity index (χ3v) is 8.68. The van der Waals surface area contributed by atoms with Crippen LogP contribution in [0.25, 0.3) is 0 Å². The highest BCUT2D eigenvalue weighted by molar-refractivity contribution is 8.01. The smallest absolute Gasteiger partial charge is 0.352 e. The van der Waals surface area contributed by atoms with Crippen LogP contribution < -0.4 is 20.8 Å². The van der Waals surface area contributed by atoms with E-state index in [-0.39, 0.29) is 28.8 Å². The number of aliphatic carboxylic acids is 1. The quantitative estimate of drug-likeness (QED) is 0.108. The second-order valence-electron chi connectivity index (χ2n) is 7.61. The van der Waals surface area contributed by atoms with Crippen molar-refractivity contribution in [2.45, 2.75) is 22.5 Å². The van der Waals surface area contributed by atoms with E-state index in [9.17, 15) is 29.5 Å². The number of carboxylic acids is 1. The van der Waals surface area contributed by atoms with Crippen LogP contribution in [0.4, 0.5) is 4.79 Å². The van der Waals surface area contributed by atoms with Crippen LogP contribution in [0, 0.1) is 16.5 Å². The Morgan fingerprint density at radius 2 is 2.19 bits per heavy atom. The number of nitrogens with one attached hydrogen (secondary N) is 3. The molecule has 16 heteroatoms. The van der Waals surface area contributed by atoms with Crippen LogP contribution >= 0.6 is 34.9 Å². The maximum atomic E-state index is 13.1. The fourth-order valence-electron chi connectivity index (χ4n) is 3.66. The number of thioether (sulfide) groups is 2. The number of thiophene rings is 1. The molecule has 0 spiro atoms. The molecular weight excluding hydrogens is 542 g/mol. The van der Waals surface area contributed by atoms with Crippen LogP contribution in [0.1, 0.15) is 10.9 Å². The van der Waals surface area contributed by atoms with E-state index >= 15 is 0 Å². The zero-order valence-electron chi connectivity index (χ0n) is 18.8. The van der Waals surface area contributed by atoms with E-state index in [4.69, 9.17) is 5.26 Å². The maximum absolute atomic E-state index is 13.1. The van der Waals surface area contributed by atoms with Crippen molar-refractivity contribution < 1.29 is 29.1 Å². The van der Waals surface area contributed by atoms with Crippen molar-refractivity contribution in [2.75, 3.05) is 18.1 Å². The number of carbonyl (C=O) groups excluding carboxylic acids is 3. The number of rotatable bonds is 9. The molecule has 2 aliphatic heterocycles. The van der Waals surface area contributed by atoms with Gasteiger partial charge in [0, 0.05) is 27.5 Å². The molecule has 0 aromatic carbocycles. The number of urea groups is 1. The molecule has 3 atom stereocenters. The predicted octanol–water partition coefficient (Wildman–Crippen LogP) is 0.171. The number of amides is 4. The molecule has 2 unspecified atom stereocenters. The first kappa shape index (κ1) is 26.3. The Morgan fingerprint density at radius 3 is 2.86 bits per heavy atom. The SMILES string of the molecule is N#CCNC(=O)NC(C(=O)N[C@@H]1C(=O)N2C(C(=O)O)=C(CSc3cccn[n+]3[O-])CSC12)c1cccs1. The van der Waals surface area contributed by atoms with E-state index in [1.54, 1.807) is 35.7 Å². The third-order valence-electron chi connectivity index (χ3n) is 5.32. The third kappa shape index (κ3) is 5.63. The first-order chi connectivity index (χ1) is 17.8. The average molecular weight is 562 g/mol. The highest BCUT2D eigenvalue weighted by Gasteiger charge is 2.54. The molecule has 4 heterocycles. The van der Waals surface area contributed by atoms with Gasteiger partial charge in [-0.25, -0.2) is 9.59 Å². The van der Waals surface area contributed by atoms with Gasteiger partial charge < -0.3 is 26.3 Å². The lowest BCUT2D eigenvalue weighted by molar-refractivity contribution is -0.706. The van der Waals surface area contributed by atoms with Crippen molar-refractivity contribution in [3.8, 4) is 6.07 Å². The first-order valence-corrected chi connectivity index (χ1v) is 13.6. The number of nitrogens with zero attached hydrogens (tertiary/aromatic N) is 4. The van der Waals surface area contributed by atoms with Gasteiger partial charge in [-0.2, -0.15) is 5.26 Å². The number of nitriles is 1. The van der Waals surface area contributed by atoms with Crippen molar-refractivity contribution in [1.29, 1.82) is 5.26 Å². The van der Waals surface area contributed by atoms with Crippen molar-refractivity contribution in [1.82, 2.24) is 25.9 Å². The summed E-state index contributed by atoms with van der Waals surface area (Å²) < 4.78 is 0. The van der Waals surface area contributed by atoms with Gasteiger partial charge in [0.1, 0.15) is 29.7 Å². The molecule has 4 amide bonds. The number of carbonyl (C=O) groups is 4. The highest BCUT2D eigenvalue weighted by Crippen LogP contribution is 2.41. The molecule has 2 aromatic rings. The second kappa shape index (κ2) is 11.5. The fourth-order valence-corrected chi connectivity index (χ4v) is 6.81. The van der Waals surface area contributed by atoms with Crippen molar-refractivity contribution in [2.24, 2.45) is 0 Å². The van der Waals surface area contributed by atoms with Crippen LogP contribution in [-0.4, -0.2) is 68.4 Å². The summed E-state index contributed by atoms with van der Waals surface area (Å²) in [4.78, 5) is 52.3. The topological polar surface area (TPSA) is 191 Å². The molecular formula is C21H19N7O6S3. The molecule has 4 rings (SSSR count). The summed E-state index contributed by atoms with van der Waals surface area (Å²) >= 11 is 3.63. The van der Waals surface area contributed by atoms with E-state index < -0.39 is 41.3 Å². The summed E-state index contributed by atoms with van der Waals surface area (Å²) in [6, 6.07) is 5.42. The average Bonchev–Trinajstić information content (AvgIpc) is 3.42. The van der Waals surface area contributed by atoms with Crippen molar-refractivity contribution in [3.63, 3.8) is 0 Å². The minimum Gasteiger partial charge on any atom is -0.593 e. The van der Waals surface area contributed by atoms with Gasteiger partial charge in [0.15, 0.2) is 0 Å². The summed E-state index contributed by atoms with van der Waals surface area (Å²) in [7, 11) is 0. The van der Waals surface area contributed by atoms with Crippen LogP contribution in [-0.2, 0) is 14.4 Å². The lowest BCUT2D eigenvalue weighted by Crippen LogP contribution is -2.71. The largest absolute Gasteiger partial charge is 0.593 e. The van der Waals surface area contributed by atoms with Crippen LogP contribution in [0.2, 0.25) is 0 Å². The van der Waals surface area contributed by atoms with Gasteiger partial charge in [-0.1, -0.05) is 6.07 Å². The Balaban J connectivity index is 1.47. The monoisotopic (exact) mass is 561 g/mol. The fraction of sp³-hybridized carbons (Fsp3) is 0.286. The number of fused-ring (bicyclic) bond motifs is 1. The summed E-state index contributed by atoms with van der Waals surface area (Å²) in [5, 5.41) is 42.7. The van der Waals surface area contributed by atoms with Gasteiger partial charge in [0.25, 0.3) is 10.9 Å². The Kier molecular flexibility index (Phi) is 8.16. The Morgan fingerprint density at radius 1 is 1.38 bits per heavy atom. The Bertz CT molecular complexity index is 1300. The minimum atomic E-state index is -1.28. The molecule has 1 fully saturated rings. The van der Waals surface area contributed by atoms with E-state index in [1.807, 2.05) is 0 Å². The van der Waals surface area contributed by atoms with Crippen LogP contribution in [0.3, 0.4) is 0 Å². The van der Waals surface area contributed by atoms with Gasteiger partial charge in [-0.05, 0) is 39.7 Å². The molecule has 2 aromatic heterocycles. The zero-order valence-corrected chi connectivity index (χ0v) is 21.3. The number of β-lactam (4-membered cyclic amide) rings is 1. The number of hydrogen-bond acceptors (Lipinski definition) is 10. The molecule has 0 saturated carbocycles. The number of aromatic nitrogens is 2. The molecule has 4 N–H and O–H groups in total. The normalized spacial score (nSPS) is 19.2. The summed E-state index contributed by atoms with van der Waals surface area (Å²) in [5.74, 6) is -2.08. The first-order valence-electron chi connectivity index (χ1n) is 10.6. The molecule has 192 valence electrons. The molecule has 0 bridgehead atoms. The molecule has 0 aliphatic carbocycles. The van der Waals surface area contributed by atoms with Gasteiger partial charge in [-0.15, -0.1) is 23.1 Å². The predicted molar refractivity (Wildman–Crippen MR) is 133 cm³/mol. The van der Waals surface area contributed by atoms with Crippen molar-refractivity contribution in [3.05, 3.63) is 57.2 Å². The molecule has 2 aliphatic rings. The molecule has 37 heavy (non-hydrogen) atoms. The van der Waals surface area contributed by atoms with E-state index in [0.717, 1.165) is 16.7 Å². The van der Waals surface area contributed by atoms with Gasteiger partial charge in [0.2, 0.25) is 5.91 Å². The maximum Gasteiger partial charge on any atom is 0.352 e. The van der Waals surface area contributed by atoms with Crippen LogP contribution in [0.5, 0.6) is 0 Å². The second-order valence-corrected chi connectivity index (χ2v) is 10.7. The lowest BCUT2D eigenvalue weighted by atomic mass is 10.0. The number of hydrogen-bond donors (Lipinski definition) is 4. The van der Waals surface area contributed by atoms with E-state index in [0.29, 0.717) is 15.3 Å². The summed E-state index contributed by atoms with van der Waals surface area (Å²) in [6.07, 6.45) is 1.34. The molecule has 0 radical (unpaired) electrons. The number of carboxylic acid groups (broad SMARTS) is 1. The highest BCUT2D eigenvalue weighted by atomic mass is 32.2. The van der Waals surface area contributed by atoms with Crippen molar-refractivity contribution >= 4 is 58.7 Å². The summed E-state index contributed by atoms with van der Waals surface area (Å²) in [5.41, 5.74) is 0.296. The van der Waals surface area contributed by atoms with Gasteiger partial charge >= 0.3 is 12.0 Å². The van der Waals surface area contributed by atoms with E-state index in [2.05, 4.69) is 21.0 Å². The molecule has 13 nitrogen and oxygen atoms in total. The van der Waals surface area contributed by atoms with Crippen LogP contribution in [0.15, 0.2) is 52.1 Å². The minimum absolute atomic E-state index is 0.165. The Labute approximate surface area is 222 Å². The molecule has 1 saturated heterocycles. The lowest BCUT2D eigenvalue weighted by Gasteiger charge is -2.49. The summed E-state index contributed by atoms with van der Waals surface area (Å²) in [6.45, 7) is -0.250. The van der Waals surface area contributed by atoms with Gasteiger partial charge in [-0.3, -0.25) is 14.5 Å². The van der Waals surface area contributed by atoms with E-state index in [1.165, 1.54) is 29.3 Å². The van der Waals surface area contributed by atoms with Gasteiger partial charge in [0.05, 0.1) is 12.3 Å². The standard InChI is InChI=1S/C21H19N7O6S3/c22-5-7-23-21(33)26-14(12-3-2-8-35-12)17(29)25-15-18(30)27-16(20(31)32)11(10-37-19(15)27)9-36-13-4-1-6-24-28(13)34/h1-4,6,8,14-15,19H,7,9-10H2,(H,25,29)(H,31,32)(H2,23,26,33)/t14?,15-,19?/m1/s1. The zero-order chi connectivity index (χ0) is 26.5. The Hall–Kier alpha value is -3.81.